The maximum atomic E-state index is 13.0. The van der Waals surface area contributed by atoms with E-state index in [0.717, 1.165) is 6.42 Å². The van der Waals surface area contributed by atoms with E-state index in [1.807, 2.05) is 41.5 Å². The number of hydrogen-bond acceptors (Lipinski definition) is 6. The molecule has 0 aromatic carbocycles. The molecule has 0 spiro atoms. The van der Waals surface area contributed by atoms with Gasteiger partial charge in [-0.25, -0.2) is 4.79 Å². The summed E-state index contributed by atoms with van der Waals surface area (Å²) in [6, 6.07) is 0. The average Bonchev–Trinajstić information content (AvgIpc) is 2.53. The Kier molecular flexibility index (Phi) is 9.50. The molecule has 10 heteroatoms. The first-order valence-electron chi connectivity index (χ1n) is 9.14. The lowest BCUT2D eigenvalue weighted by Crippen LogP contribution is -2.39. The fourth-order valence-electron chi connectivity index (χ4n) is 2.37. The second-order valence-electron chi connectivity index (χ2n) is 8.66. The lowest BCUT2D eigenvalue weighted by atomic mass is 9.70. The molecule has 28 heavy (non-hydrogen) atoms. The molecule has 0 saturated carbocycles. The average molecular weight is 431 g/mol. The third-order valence-corrected chi connectivity index (χ3v) is 5.35. The van der Waals surface area contributed by atoms with Crippen molar-refractivity contribution in [3.63, 3.8) is 0 Å². The molecule has 166 valence electrons. The molecule has 1 N–H and O–H groups in total. The first kappa shape index (κ1) is 26.7. The summed E-state index contributed by atoms with van der Waals surface area (Å²) in [7, 11) is -5.88. The van der Waals surface area contributed by atoms with Crippen LogP contribution in [0, 0.1) is 16.7 Å². The Bertz CT molecular complexity index is 637. The van der Waals surface area contributed by atoms with Crippen LogP contribution in [0.5, 0.6) is 0 Å². The minimum absolute atomic E-state index is 0.0194. The molecule has 0 amide bonds. The largest absolute Gasteiger partial charge is 0.465 e. The minimum atomic E-state index is -5.88. The molecule has 1 atom stereocenters. The normalized spacial score (nSPS) is 14.5. The molecule has 0 aromatic rings. The van der Waals surface area contributed by atoms with Gasteiger partial charge in [-0.2, -0.15) is 17.2 Å². The smallest absolute Gasteiger partial charge is 0.465 e. The van der Waals surface area contributed by atoms with Crippen molar-refractivity contribution >= 4 is 22.1 Å². The number of halogens is 2. The highest BCUT2D eigenvalue weighted by molar-refractivity contribution is 7.87. The standard InChI is InChI=1S/C18H32F2O7S/c1-7-17(5,6)13(12-16(2,3)4)14(21)26-10-8-9-11-27-15(22)18(19,20)28(23,24)25/h13H,7-12H2,1-6H3,(H,23,24,25). The van der Waals surface area contributed by atoms with Crippen molar-refractivity contribution in [3.8, 4) is 0 Å². The fourth-order valence-corrected chi connectivity index (χ4v) is 2.64. The van der Waals surface area contributed by atoms with Gasteiger partial charge in [0.15, 0.2) is 0 Å². The number of esters is 2. The van der Waals surface area contributed by atoms with Gasteiger partial charge in [0, 0.05) is 0 Å². The van der Waals surface area contributed by atoms with Crippen LogP contribution in [0.1, 0.15) is 67.2 Å². The van der Waals surface area contributed by atoms with Gasteiger partial charge in [-0.3, -0.25) is 9.35 Å². The van der Waals surface area contributed by atoms with Gasteiger partial charge in [0.2, 0.25) is 0 Å². The third kappa shape index (κ3) is 8.38. The third-order valence-electron chi connectivity index (χ3n) is 4.53. The molecule has 0 aliphatic rings. The zero-order valence-corrected chi connectivity index (χ0v) is 18.2. The summed E-state index contributed by atoms with van der Waals surface area (Å²) in [5.41, 5.74) is -0.316. The molecule has 0 bridgehead atoms. The Morgan fingerprint density at radius 3 is 1.86 bits per heavy atom. The van der Waals surface area contributed by atoms with Gasteiger partial charge in [0.1, 0.15) is 0 Å². The topological polar surface area (TPSA) is 107 Å². The van der Waals surface area contributed by atoms with Gasteiger partial charge in [-0.15, -0.1) is 0 Å². The molecular formula is C18H32F2O7S. The summed E-state index contributed by atoms with van der Waals surface area (Å²) in [5.74, 6) is -2.98. The predicted octanol–water partition coefficient (Wildman–Crippen LogP) is 3.82. The monoisotopic (exact) mass is 430 g/mol. The minimum Gasteiger partial charge on any atom is -0.465 e. The number of carbonyl (C=O) groups excluding carboxylic acids is 2. The van der Waals surface area contributed by atoms with E-state index >= 15 is 0 Å². The van der Waals surface area contributed by atoms with E-state index in [-0.39, 0.29) is 42.2 Å². The van der Waals surface area contributed by atoms with Crippen LogP contribution in [0.4, 0.5) is 8.78 Å². The van der Waals surface area contributed by atoms with E-state index < -0.39 is 27.9 Å². The second-order valence-corrected chi connectivity index (χ2v) is 10.1. The first-order chi connectivity index (χ1) is 12.5. The summed E-state index contributed by atoms with van der Waals surface area (Å²) < 4.78 is 64.6. The molecule has 0 rings (SSSR count). The zero-order chi connectivity index (χ0) is 22.4. The first-order valence-corrected chi connectivity index (χ1v) is 10.6. The zero-order valence-electron chi connectivity index (χ0n) is 17.4. The van der Waals surface area contributed by atoms with Crippen molar-refractivity contribution < 1.29 is 40.8 Å². The number of rotatable bonds is 11. The molecule has 0 saturated heterocycles. The van der Waals surface area contributed by atoms with Crippen molar-refractivity contribution in [2.75, 3.05) is 13.2 Å². The van der Waals surface area contributed by atoms with E-state index in [1.54, 1.807) is 0 Å². The number of ether oxygens (including phenoxy) is 2. The Balaban J connectivity index is 4.48. The maximum absolute atomic E-state index is 13.0. The highest BCUT2D eigenvalue weighted by Gasteiger charge is 2.54. The van der Waals surface area contributed by atoms with Gasteiger partial charge in [0.05, 0.1) is 19.1 Å². The van der Waals surface area contributed by atoms with Gasteiger partial charge in [0.25, 0.3) is 0 Å². The molecule has 0 fully saturated rings. The molecular weight excluding hydrogens is 398 g/mol. The second kappa shape index (κ2) is 9.96. The summed E-state index contributed by atoms with van der Waals surface area (Å²) in [5, 5.41) is -5.01. The molecule has 0 heterocycles. The Morgan fingerprint density at radius 1 is 1.00 bits per heavy atom. The van der Waals surface area contributed by atoms with Crippen LogP contribution in [-0.4, -0.2) is 43.4 Å². The van der Waals surface area contributed by atoms with Gasteiger partial charge >= 0.3 is 27.3 Å². The maximum Gasteiger partial charge on any atom is 0.465 e. The number of alkyl halides is 2. The van der Waals surface area contributed by atoms with E-state index in [2.05, 4.69) is 4.74 Å². The van der Waals surface area contributed by atoms with Crippen molar-refractivity contribution in [2.45, 2.75) is 72.5 Å². The van der Waals surface area contributed by atoms with Crippen LogP contribution in [0.25, 0.3) is 0 Å². The SMILES string of the molecule is CCC(C)(C)C(CC(C)(C)C)C(=O)OCCCCOC(=O)C(F)(F)S(=O)(=O)O. The van der Waals surface area contributed by atoms with Crippen LogP contribution in [0.3, 0.4) is 0 Å². The number of carbonyl (C=O) groups is 2. The number of unbranched alkanes of at least 4 members (excludes halogenated alkanes) is 1. The van der Waals surface area contributed by atoms with Crippen LogP contribution < -0.4 is 0 Å². The van der Waals surface area contributed by atoms with Gasteiger partial charge in [-0.1, -0.05) is 48.0 Å². The molecule has 0 aromatic heterocycles. The molecule has 7 nitrogen and oxygen atoms in total. The van der Waals surface area contributed by atoms with Crippen molar-refractivity contribution in [1.82, 2.24) is 0 Å². The summed E-state index contributed by atoms with van der Waals surface area (Å²) in [6.45, 7) is 11.6. The highest BCUT2D eigenvalue weighted by atomic mass is 32.2. The number of hydrogen-bond donors (Lipinski definition) is 1. The Hall–Kier alpha value is -1.29. The fraction of sp³-hybridized carbons (Fsp3) is 0.889. The van der Waals surface area contributed by atoms with Crippen LogP contribution in [0.2, 0.25) is 0 Å². The predicted molar refractivity (Wildman–Crippen MR) is 99.3 cm³/mol. The van der Waals surface area contributed by atoms with Crippen molar-refractivity contribution in [1.29, 1.82) is 0 Å². The lowest BCUT2D eigenvalue weighted by Gasteiger charge is -2.35. The summed E-state index contributed by atoms with van der Waals surface area (Å²) >= 11 is 0. The molecule has 0 aliphatic carbocycles. The van der Waals surface area contributed by atoms with Gasteiger partial charge < -0.3 is 9.47 Å². The summed E-state index contributed by atoms with van der Waals surface area (Å²) in [4.78, 5) is 23.5. The van der Waals surface area contributed by atoms with E-state index in [1.165, 1.54) is 0 Å². The highest BCUT2D eigenvalue weighted by Crippen LogP contribution is 2.39. The van der Waals surface area contributed by atoms with Crippen molar-refractivity contribution in [3.05, 3.63) is 0 Å². The molecule has 0 aliphatic heterocycles. The lowest BCUT2D eigenvalue weighted by molar-refractivity contribution is -0.162. The van der Waals surface area contributed by atoms with Crippen molar-refractivity contribution in [2.24, 2.45) is 16.7 Å². The van der Waals surface area contributed by atoms with E-state index in [4.69, 9.17) is 9.29 Å². The van der Waals surface area contributed by atoms with Crippen LogP contribution >= 0.6 is 0 Å². The van der Waals surface area contributed by atoms with E-state index in [9.17, 15) is 26.8 Å². The Labute approximate surface area is 165 Å². The van der Waals surface area contributed by atoms with Crippen LogP contribution in [-0.2, 0) is 29.2 Å². The Morgan fingerprint density at radius 2 is 1.46 bits per heavy atom. The van der Waals surface area contributed by atoms with Crippen LogP contribution in [0.15, 0.2) is 0 Å². The molecule has 0 radical (unpaired) electrons. The molecule has 1 unspecified atom stereocenters. The summed E-state index contributed by atoms with van der Waals surface area (Å²) in [6.07, 6.45) is 1.77. The quantitative estimate of drug-likeness (QED) is 0.302. The van der Waals surface area contributed by atoms with E-state index in [0.29, 0.717) is 6.42 Å². The van der Waals surface area contributed by atoms with Gasteiger partial charge in [-0.05, 0) is 30.1 Å².